The van der Waals surface area contributed by atoms with Crippen molar-refractivity contribution in [3.63, 3.8) is 0 Å². The number of nitrogens with zero attached hydrogens (tertiary/aromatic N) is 1. The molecule has 1 heterocycles. The zero-order valence-electron chi connectivity index (χ0n) is 13.2. The van der Waals surface area contributed by atoms with E-state index >= 15 is 0 Å². The predicted molar refractivity (Wildman–Crippen MR) is 90.8 cm³/mol. The van der Waals surface area contributed by atoms with Crippen LogP contribution in [-0.2, 0) is 31.1 Å². The number of benzene rings is 2. The van der Waals surface area contributed by atoms with Gasteiger partial charge in [0.1, 0.15) is 10.9 Å². The normalized spacial score (nSPS) is 17.3. The quantitative estimate of drug-likeness (QED) is 0.855. The highest BCUT2D eigenvalue weighted by molar-refractivity contribution is 7.95. The van der Waals surface area contributed by atoms with Crippen molar-refractivity contribution in [3.05, 3.63) is 54.1 Å². The van der Waals surface area contributed by atoms with E-state index in [-0.39, 0.29) is 17.0 Å². The van der Waals surface area contributed by atoms with E-state index in [0.717, 1.165) is 10.6 Å². The number of hydrogen-bond acceptors (Lipinski definition) is 5. The highest BCUT2D eigenvalue weighted by Crippen LogP contribution is 2.38. The molecular formula is C16H15NO6S2. The molecule has 0 fully saturated rings. The molecule has 1 aliphatic rings. The number of anilines is 1. The van der Waals surface area contributed by atoms with E-state index in [0.29, 0.717) is 5.56 Å². The number of carboxylic acid groups (broad SMARTS) is 1. The van der Waals surface area contributed by atoms with Crippen molar-refractivity contribution in [3.8, 4) is 0 Å². The van der Waals surface area contributed by atoms with E-state index in [2.05, 4.69) is 0 Å². The second-order valence-corrected chi connectivity index (χ2v) is 9.47. The molecule has 9 heteroatoms. The number of aliphatic carboxylic acids is 1. The highest BCUT2D eigenvalue weighted by Gasteiger charge is 2.43. The second-order valence-electron chi connectivity index (χ2n) is 5.71. The first kappa shape index (κ1) is 17.4. The lowest BCUT2D eigenvalue weighted by molar-refractivity contribution is -0.138. The Morgan fingerprint density at radius 3 is 2.16 bits per heavy atom. The first-order chi connectivity index (χ1) is 11.6. The van der Waals surface area contributed by atoms with E-state index in [4.69, 9.17) is 0 Å². The monoisotopic (exact) mass is 381 g/mol. The summed E-state index contributed by atoms with van der Waals surface area (Å²) in [5, 5.41) is 9.47. The van der Waals surface area contributed by atoms with Gasteiger partial charge in [-0.2, -0.15) is 0 Å². The molecule has 1 N–H and O–H groups in total. The van der Waals surface area contributed by atoms with Crippen LogP contribution in [0.3, 0.4) is 0 Å². The Balaban J connectivity index is 2.26. The molecule has 0 amide bonds. The second kappa shape index (κ2) is 5.85. The summed E-state index contributed by atoms with van der Waals surface area (Å²) < 4.78 is 51.1. The summed E-state index contributed by atoms with van der Waals surface area (Å²) in [5.74, 6) is -1.29. The fourth-order valence-corrected chi connectivity index (χ4v) is 6.17. The van der Waals surface area contributed by atoms with Crippen molar-refractivity contribution in [2.45, 2.75) is 22.3 Å². The molecule has 0 bridgehead atoms. The van der Waals surface area contributed by atoms with E-state index in [1.54, 1.807) is 18.2 Å². The minimum atomic E-state index is -4.39. The van der Waals surface area contributed by atoms with Gasteiger partial charge in [0.2, 0.25) is 0 Å². The first-order valence-corrected chi connectivity index (χ1v) is 10.6. The van der Waals surface area contributed by atoms with Gasteiger partial charge in [0.25, 0.3) is 10.0 Å². The van der Waals surface area contributed by atoms with E-state index in [1.807, 2.05) is 0 Å². The van der Waals surface area contributed by atoms with Crippen molar-refractivity contribution >= 4 is 31.5 Å². The van der Waals surface area contributed by atoms with Crippen molar-refractivity contribution in [1.82, 2.24) is 0 Å². The van der Waals surface area contributed by atoms with Crippen LogP contribution in [0.2, 0.25) is 0 Å². The third kappa shape index (κ3) is 2.89. The molecule has 0 saturated heterocycles. The number of hydrogen-bond donors (Lipinski definition) is 1. The van der Waals surface area contributed by atoms with Gasteiger partial charge < -0.3 is 5.11 Å². The zero-order chi connectivity index (χ0) is 18.4. The topological polar surface area (TPSA) is 109 Å². The molecule has 0 spiro atoms. The van der Waals surface area contributed by atoms with Crippen molar-refractivity contribution < 1.29 is 26.7 Å². The Labute approximate surface area is 145 Å². The van der Waals surface area contributed by atoms with Gasteiger partial charge in [-0.05, 0) is 23.8 Å². The third-order valence-electron chi connectivity index (χ3n) is 4.00. The predicted octanol–water partition coefficient (Wildman–Crippen LogP) is 1.29. The summed E-state index contributed by atoms with van der Waals surface area (Å²) >= 11 is 0. The zero-order valence-corrected chi connectivity index (χ0v) is 14.8. The van der Waals surface area contributed by atoms with Crippen LogP contribution in [0, 0.1) is 0 Å². The number of carbonyl (C=O) groups is 1. The van der Waals surface area contributed by atoms with Crippen LogP contribution in [0.5, 0.6) is 0 Å². The number of rotatable bonds is 4. The van der Waals surface area contributed by atoms with Gasteiger partial charge in [-0.25, -0.2) is 21.6 Å². The van der Waals surface area contributed by atoms with E-state index < -0.39 is 36.8 Å². The van der Waals surface area contributed by atoms with Crippen molar-refractivity contribution in [2.24, 2.45) is 0 Å². The van der Waals surface area contributed by atoms with Gasteiger partial charge in [-0.15, -0.1) is 0 Å². The van der Waals surface area contributed by atoms with E-state index in [1.165, 1.54) is 30.3 Å². The largest absolute Gasteiger partial charge is 0.480 e. The molecule has 2 aromatic rings. The fraction of sp³-hybridized carbons (Fsp3) is 0.188. The molecule has 1 aliphatic heterocycles. The molecular weight excluding hydrogens is 366 g/mol. The number of sulfone groups is 1. The Hall–Kier alpha value is -2.39. The Bertz CT molecular complexity index is 1060. The van der Waals surface area contributed by atoms with Gasteiger partial charge >= 0.3 is 5.97 Å². The number of sulfonamides is 1. The van der Waals surface area contributed by atoms with Crippen molar-refractivity contribution in [1.29, 1.82) is 0 Å². The molecule has 3 rings (SSSR count). The molecule has 2 aromatic carbocycles. The smallest absolute Gasteiger partial charge is 0.327 e. The SMILES string of the molecule is CS(=O)(=O)c1ccccc1S(=O)(=O)N1c2ccccc2C[C@H]1C(=O)O. The van der Waals surface area contributed by atoms with Crippen molar-refractivity contribution in [2.75, 3.05) is 10.6 Å². The Kier molecular flexibility index (Phi) is 4.08. The van der Waals surface area contributed by atoms with Gasteiger partial charge in [-0.3, -0.25) is 4.31 Å². The fourth-order valence-electron chi connectivity index (χ4n) is 2.92. The summed E-state index contributed by atoms with van der Waals surface area (Å²) in [6.07, 6.45) is 0.930. The summed E-state index contributed by atoms with van der Waals surface area (Å²) in [4.78, 5) is 10.8. The average Bonchev–Trinajstić information content (AvgIpc) is 2.94. The first-order valence-electron chi connectivity index (χ1n) is 7.28. The summed E-state index contributed by atoms with van der Waals surface area (Å²) in [6.45, 7) is 0. The van der Waals surface area contributed by atoms with E-state index in [9.17, 15) is 26.7 Å². The van der Waals surface area contributed by atoms with Gasteiger partial charge in [0.05, 0.1) is 10.6 Å². The molecule has 7 nitrogen and oxygen atoms in total. The van der Waals surface area contributed by atoms with Gasteiger partial charge in [0, 0.05) is 12.7 Å². The lowest BCUT2D eigenvalue weighted by Gasteiger charge is -2.25. The maximum absolute atomic E-state index is 13.2. The summed E-state index contributed by atoms with van der Waals surface area (Å²) in [5.41, 5.74) is 0.827. The van der Waals surface area contributed by atoms with Gasteiger partial charge in [-0.1, -0.05) is 30.3 Å². The van der Waals surface area contributed by atoms with Crippen LogP contribution in [0.4, 0.5) is 5.69 Å². The Morgan fingerprint density at radius 1 is 1.00 bits per heavy atom. The maximum atomic E-state index is 13.2. The van der Waals surface area contributed by atoms with Crippen LogP contribution in [0.25, 0.3) is 0 Å². The molecule has 0 aromatic heterocycles. The number of para-hydroxylation sites is 1. The number of carboxylic acids is 1. The summed E-state index contributed by atoms with van der Waals surface area (Å²) in [7, 11) is -8.20. The van der Waals surface area contributed by atoms with Crippen LogP contribution < -0.4 is 4.31 Å². The number of fused-ring (bicyclic) bond motifs is 1. The van der Waals surface area contributed by atoms with Crippen LogP contribution in [-0.4, -0.2) is 40.2 Å². The van der Waals surface area contributed by atoms with Gasteiger partial charge in [0.15, 0.2) is 9.84 Å². The summed E-state index contributed by atoms with van der Waals surface area (Å²) in [6, 6.07) is 10.3. The lowest BCUT2D eigenvalue weighted by Crippen LogP contribution is -2.43. The standard InChI is InChI=1S/C16H15NO6S2/c1-24(20,21)14-8-4-5-9-15(14)25(22,23)17-12-7-3-2-6-11(12)10-13(17)16(18)19/h2-9,13H,10H2,1H3,(H,18,19)/t13-/m0/s1. The highest BCUT2D eigenvalue weighted by atomic mass is 32.2. The van der Waals surface area contributed by atoms with Crippen LogP contribution >= 0.6 is 0 Å². The molecule has 25 heavy (non-hydrogen) atoms. The van der Waals surface area contributed by atoms with Crippen LogP contribution in [0.15, 0.2) is 58.3 Å². The maximum Gasteiger partial charge on any atom is 0.327 e. The molecule has 1 atom stereocenters. The lowest BCUT2D eigenvalue weighted by atomic mass is 10.1. The molecule has 132 valence electrons. The average molecular weight is 381 g/mol. The molecule has 0 unspecified atom stereocenters. The molecule has 0 radical (unpaired) electrons. The Morgan fingerprint density at radius 2 is 1.56 bits per heavy atom. The minimum absolute atomic E-state index is 0.0196. The molecule has 0 aliphatic carbocycles. The molecule has 0 saturated carbocycles. The van der Waals surface area contributed by atoms with Crippen LogP contribution in [0.1, 0.15) is 5.56 Å². The third-order valence-corrected chi connectivity index (χ3v) is 7.16. The minimum Gasteiger partial charge on any atom is -0.480 e.